The average Bonchev–Trinajstić information content (AvgIpc) is 2.92. The quantitative estimate of drug-likeness (QED) is 0.881. The molecular formula is C16H18FN3O2S. The summed E-state index contributed by atoms with van der Waals surface area (Å²) in [6, 6.07) is 5.30. The molecule has 0 fully saturated rings. The van der Waals surface area contributed by atoms with Gasteiger partial charge in [0.1, 0.15) is 10.8 Å². The smallest absolute Gasteiger partial charge is 0.251 e. The molecule has 1 heterocycles. The molecule has 2 amide bonds. The standard InChI is InChI=1S/C16H18FN3O2S/c1-10-8-19-15(23-10)16(2,3)20-13(21)9-18-14(22)11-5-4-6-12(17)7-11/h4-8H,9H2,1-3H3,(H,18,22)(H,20,21). The summed E-state index contributed by atoms with van der Waals surface area (Å²) < 4.78 is 13.1. The van der Waals surface area contributed by atoms with Gasteiger partial charge in [-0.3, -0.25) is 9.59 Å². The van der Waals surface area contributed by atoms with E-state index < -0.39 is 17.3 Å². The monoisotopic (exact) mass is 335 g/mol. The fraction of sp³-hybridized carbons (Fsp3) is 0.312. The van der Waals surface area contributed by atoms with Crippen LogP contribution in [0.3, 0.4) is 0 Å². The Kier molecular flexibility index (Phi) is 5.10. The van der Waals surface area contributed by atoms with Gasteiger partial charge in [0.25, 0.3) is 5.91 Å². The van der Waals surface area contributed by atoms with Crippen LogP contribution in [0.15, 0.2) is 30.5 Å². The number of rotatable bonds is 5. The number of thiazole rings is 1. The molecule has 0 spiro atoms. The van der Waals surface area contributed by atoms with Crippen molar-refractivity contribution in [3.8, 4) is 0 Å². The second kappa shape index (κ2) is 6.87. The van der Waals surface area contributed by atoms with Crippen LogP contribution in [0.4, 0.5) is 4.39 Å². The zero-order valence-electron chi connectivity index (χ0n) is 13.1. The van der Waals surface area contributed by atoms with Crippen LogP contribution in [0.2, 0.25) is 0 Å². The third-order valence-corrected chi connectivity index (χ3v) is 4.34. The van der Waals surface area contributed by atoms with Crippen molar-refractivity contribution < 1.29 is 14.0 Å². The van der Waals surface area contributed by atoms with Gasteiger partial charge < -0.3 is 10.6 Å². The minimum absolute atomic E-state index is 0.174. The SMILES string of the molecule is Cc1cnc(C(C)(C)NC(=O)CNC(=O)c2cccc(F)c2)s1. The Labute approximate surface area is 137 Å². The van der Waals surface area contributed by atoms with E-state index >= 15 is 0 Å². The molecule has 1 aromatic heterocycles. The Balaban J connectivity index is 1.91. The third-order valence-electron chi connectivity index (χ3n) is 3.10. The first-order chi connectivity index (χ1) is 10.8. The predicted molar refractivity (Wildman–Crippen MR) is 86.8 cm³/mol. The van der Waals surface area contributed by atoms with Gasteiger partial charge in [0.05, 0.1) is 12.1 Å². The number of amides is 2. The zero-order valence-corrected chi connectivity index (χ0v) is 14.0. The van der Waals surface area contributed by atoms with E-state index in [1.54, 1.807) is 6.20 Å². The lowest BCUT2D eigenvalue weighted by molar-refractivity contribution is -0.121. The number of aryl methyl sites for hydroxylation is 1. The highest BCUT2D eigenvalue weighted by Crippen LogP contribution is 2.24. The van der Waals surface area contributed by atoms with Crippen LogP contribution in [-0.4, -0.2) is 23.3 Å². The molecule has 7 heteroatoms. The van der Waals surface area contributed by atoms with Crippen molar-refractivity contribution in [2.24, 2.45) is 0 Å². The molecule has 0 bridgehead atoms. The molecule has 23 heavy (non-hydrogen) atoms. The van der Waals surface area contributed by atoms with Crippen LogP contribution in [0.1, 0.15) is 34.1 Å². The van der Waals surface area contributed by atoms with Crippen LogP contribution in [0, 0.1) is 12.7 Å². The van der Waals surface area contributed by atoms with E-state index in [0.717, 1.165) is 16.0 Å². The van der Waals surface area contributed by atoms with Crippen molar-refractivity contribution in [2.75, 3.05) is 6.54 Å². The predicted octanol–water partition coefficient (Wildman–Crippen LogP) is 2.37. The van der Waals surface area contributed by atoms with Gasteiger partial charge in [0.15, 0.2) is 0 Å². The number of benzene rings is 1. The molecule has 1 aromatic carbocycles. The van der Waals surface area contributed by atoms with E-state index in [4.69, 9.17) is 0 Å². The maximum absolute atomic E-state index is 13.1. The van der Waals surface area contributed by atoms with Gasteiger partial charge in [0, 0.05) is 16.6 Å². The largest absolute Gasteiger partial charge is 0.343 e. The fourth-order valence-corrected chi connectivity index (χ4v) is 2.80. The summed E-state index contributed by atoms with van der Waals surface area (Å²) in [4.78, 5) is 29.2. The first-order valence-electron chi connectivity index (χ1n) is 7.05. The molecule has 5 nitrogen and oxygen atoms in total. The Morgan fingerprint density at radius 3 is 2.70 bits per heavy atom. The minimum Gasteiger partial charge on any atom is -0.343 e. The summed E-state index contributed by atoms with van der Waals surface area (Å²) in [6.07, 6.45) is 1.75. The summed E-state index contributed by atoms with van der Waals surface area (Å²) >= 11 is 1.50. The van der Waals surface area contributed by atoms with Gasteiger partial charge >= 0.3 is 0 Å². The Morgan fingerprint density at radius 1 is 1.35 bits per heavy atom. The van der Waals surface area contributed by atoms with Crippen molar-refractivity contribution in [1.82, 2.24) is 15.6 Å². The van der Waals surface area contributed by atoms with E-state index in [0.29, 0.717) is 0 Å². The van der Waals surface area contributed by atoms with Crippen LogP contribution in [0.5, 0.6) is 0 Å². The summed E-state index contributed by atoms with van der Waals surface area (Å²) in [5, 5.41) is 6.09. The van der Waals surface area contributed by atoms with Crippen LogP contribution < -0.4 is 10.6 Å². The van der Waals surface area contributed by atoms with Crippen LogP contribution >= 0.6 is 11.3 Å². The van der Waals surface area contributed by atoms with Crippen molar-refractivity contribution >= 4 is 23.2 Å². The molecule has 0 aliphatic heterocycles. The molecule has 0 aliphatic rings. The fourth-order valence-electron chi connectivity index (χ4n) is 1.98. The molecule has 122 valence electrons. The lowest BCUT2D eigenvalue weighted by Crippen LogP contribution is -2.45. The lowest BCUT2D eigenvalue weighted by Gasteiger charge is -2.23. The second-order valence-corrected chi connectivity index (χ2v) is 6.88. The maximum Gasteiger partial charge on any atom is 0.251 e. The number of aromatic nitrogens is 1. The number of carbonyl (C=O) groups excluding carboxylic acids is 2. The molecule has 0 radical (unpaired) electrons. The highest BCUT2D eigenvalue weighted by atomic mass is 32.1. The number of hydrogen-bond acceptors (Lipinski definition) is 4. The number of carbonyl (C=O) groups is 2. The van der Waals surface area contributed by atoms with Crippen molar-refractivity contribution in [3.05, 3.63) is 51.7 Å². The van der Waals surface area contributed by atoms with Crippen LogP contribution in [-0.2, 0) is 10.3 Å². The van der Waals surface area contributed by atoms with E-state index in [9.17, 15) is 14.0 Å². The lowest BCUT2D eigenvalue weighted by atomic mass is 10.1. The first kappa shape index (κ1) is 17.1. The maximum atomic E-state index is 13.1. The van der Waals surface area contributed by atoms with Gasteiger partial charge in [0.2, 0.25) is 5.91 Å². The van der Waals surface area contributed by atoms with Crippen molar-refractivity contribution in [1.29, 1.82) is 0 Å². The van der Waals surface area contributed by atoms with Gasteiger partial charge in [-0.2, -0.15) is 0 Å². The summed E-state index contributed by atoms with van der Waals surface area (Å²) in [5.41, 5.74) is -0.452. The van der Waals surface area contributed by atoms with E-state index in [2.05, 4.69) is 15.6 Å². The van der Waals surface area contributed by atoms with Gasteiger partial charge in [-0.05, 0) is 39.0 Å². The Bertz CT molecular complexity index is 728. The highest BCUT2D eigenvalue weighted by molar-refractivity contribution is 7.11. The molecule has 0 unspecified atom stereocenters. The minimum atomic E-state index is -0.625. The molecule has 2 aromatic rings. The molecule has 0 aliphatic carbocycles. The number of hydrogen-bond donors (Lipinski definition) is 2. The number of nitrogens with one attached hydrogen (secondary N) is 2. The molecule has 2 rings (SSSR count). The van der Waals surface area contributed by atoms with Crippen LogP contribution in [0.25, 0.3) is 0 Å². The van der Waals surface area contributed by atoms with Crippen molar-refractivity contribution in [2.45, 2.75) is 26.3 Å². The normalized spacial score (nSPS) is 11.1. The highest BCUT2D eigenvalue weighted by Gasteiger charge is 2.26. The second-order valence-electron chi connectivity index (χ2n) is 5.64. The Hall–Kier alpha value is -2.28. The molecule has 2 N–H and O–H groups in total. The average molecular weight is 335 g/mol. The van der Waals surface area contributed by atoms with E-state index in [1.807, 2.05) is 20.8 Å². The summed E-state index contributed by atoms with van der Waals surface area (Å²) in [5.74, 6) is -1.34. The van der Waals surface area contributed by atoms with Gasteiger partial charge in [-0.1, -0.05) is 6.07 Å². The summed E-state index contributed by atoms with van der Waals surface area (Å²) in [7, 11) is 0. The van der Waals surface area contributed by atoms with Gasteiger partial charge in [-0.25, -0.2) is 9.37 Å². The van der Waals surface area contributed by atoms with E-state index in [1.165, 1.54) is 29.5 Å². The molecule has 0 saturated carbocycles. The number of nitrogens with zero attached hydrogens (tertiary/aromatic N) is 1. The molecule has 0 atom stereocenters. The number of halogens is 1. The van der Waals surface area contributed by atoms with Gasteiger partial charge in [-0.15, -0.1) is 11.3 Å². The van der Waals surface area contributed by atoms with E-state index in [-0.39, 0.29) is 18.0 Å². The first-order valence-corrected chi connectivity index (χ1v) is 7.87. The molecule has 0 saturated heterocycles. The molecular weight excluding hydrogens is 317 g/mol. The zero-order chi connectivity index (χ0) is 17.0. The topological polar surface area (TPSA) is 71.1 Å². The Morgan fingerprint density at radius 2 is 2.09 bits per heavy atom. The van der Waals surface area contributed by atoms with Crippen molar-refractivity contribution in [3.63, 3.8) is 0 Å². The summed E-state index contributed by atoms with van der Waals surface area (Å²) in [6.45, 7) is 5.44. The third kappa shape index (κ3) is 4.59.